The van der Waals surface area contributed by atoms with Crippen molar-refractivity contribution >= 4 is 18.3 Å². The molecule has 1 aromatic rings. The zero-order valence-electron chi connectivity index (χ0n) is 13.0. The van der Waals surface area contributed by atoms with Crippen LogP contribution in [0.1, 0.15) is 30.4 Å². The summed E-state index contributed by atoms with van der Waals surface area (Å²) < 4.78 is 13.0. The van der Waals surface area contributed by atoms with Gasteiger partial charge in [0.1, 0.15) is 5.82 Å². The first-order valence-electron chi connectivity index (χ1n) is 7.84. The Bertz CT molecular complexity index is 543. The zero-order valence-corrected chi connectivity index (χ0v) is 13.8. The number of amides is 1. The quantitative estimate of drug-likeness (QED) is 0.893. The van der Waals surface area contributed by atoms with Gasteiger partial charge in [0, 0.05) is 12.5 Å². The Balaban J connectivity index is 0.00000176. The van der Waals surface area contributed by atoms with E-state index in [1.807, 2.05) is 13.0 Å². The van der Waals surface area contributed by atoms with Gasteiger partial charge in [0.25, 0.3) is 0 Å². The van der Waals surface area contributed by atoms with E-state index >= 15 is 0 Å². The highest BCUT2D eigenvalue weighted by Crippen LogP contribution is 2.58. The van der Waals surface area contributed by atoms with Crippen LogP contribution >= 0.6 is 12.4 Å². The number of hydrogen-bond acceptors (Lipinski definition) is 2. The van der Waals surface area contributed by atoms with Crippen LogP contribution in [0, 0.1) is 24.1 Å². The molecule has 0 bridgehead atoms. The number of hydrogen-bond donors (Lipinski definition) is 2. The third kappa shape index (κ3) is 3.61. The molecule has 3 nitrogen and oxygen atoms in total. The van der Waals surface area contributed by atoms with Gasteiger partial charge in [-0.15, -0.1) is 12.4 Å². The maximum atomic E-state index is 13.0. The van der Waals surface area contributed by atoms with Crippen LogP contribution in [0.4, 0.5) is 4.39 Å². The lowest BCUT2D eigenvalue weighted by molar-refractivity contribution is -0.123. The summed E-state index contributed by atoms with van der Waals surface area (Å²) in [6.45, 7) is 4.62. The molecule has 1 heterocycles. The first-order chi connectivity index (χ1) is 10.1. The number of piperidine rings is 1. The number of aryl methyl sites for hydroxylation is 1. The third-order valence-corrected chi connectivity index (χ3v) is 5.10. The summed E-state index contributed by atoms with van der Waals surface area (Å²) in [5, 5.41) is 6.41. The highest BCUT2D eigenvalue weighted by molar-refractivity contribution is 5.85. The van der Waals surface area contributed by atoms with Crippen LogP contribution in [0.25, 0.3) is 0 Å². The maximum Gasteiger partial charge on any atom is 0.223 e. The molecule has 1 aromatic carbocycles. The van der Waals surface area contributed by atoms with E-state index in [9.17, 15) is 9.18 Å². The number of nitrogens with one attached hydrogen (secondary N) is 2. The second-order valence-corrected chi connectivity index (χ2v) is 6.48. The molecule has 0 radical (unpaired) electrons. The van der Waals surface area contributed by atoms with Gasteiger partial charge in [0.2, 0.25) is 5.91 Å². The number of carbonyl (C=O) groups excluding carboxylic acids is 1. The van der Waals surface area contributed by atoms with Crippen LogP contribution < -0.4 is 10.6 Å². The molecule has 1 spiro atoms. The lowest BCUT2D eigenvalue weighted by Gasteiger charge is -2.23. The Hall–Kier alpha value is -1.13. The van der Waals surface area contributed by atoms with Gasteiger partial charge in [-0.1, -0.05) is 6.07 Å². The molecule has 1 atom stereocenters. The van der Waals surface area contributed by atoms with Gasteiger partial charge in [-0.25, -0.2) is 4.39 Å². The molecule has 22 heavy (non-hydrogen) atoms. The van der Waals surface area contributed by atoms with E-state index in [4.69, 9.17) is 0 Å². The standard InChI is InChI=1S/C17H23FN2O.ClH/c1-12-10-14(18)3-2-13(12)4-7-20-16(21)15-11-17(15)5-8-19-9-6-17;/h2-3,10,15,19H,4-9,11H2,1H3,(H,20,21);1H. The van der Waals surface area contributed by atoms with Crippen LogP contribution in [0.15, 0.2) is 18.2 Å². The minimum Gasteiger partial charge on any atom is -0.356 e. The molecule has 1 aliphatic carbocycles. The van der Waals surface area contributed by atoms with E-state index in [0.29, 0.717) is 12.0 Å². The van der Waals surface area contributed by atoms with Crippen molar-refractivity contribution in [2.45, 2.75) is 32.6 Å². The van der Waals surface area contributed by atoms with Crippen LogP contribution in [0.3, 0.4) is 0 Å². The van der Waals surface area contributed by atoms with Gasteiger partial charge in [-0.3, -0.25) is 4.79 Å². The number of carbonyl (C=O) groups is 1. The summed E-state index contributed by atoms with van der Waals surface area (Å²) in [6.07, 6.45) is 4.07. The molecule has 1 saturated heterocycles. The molecule has 5 heteroatoms. The molecular weight excluding hydrogens is 303 g/mol. The molecule has 1 amide bonds. The van der Waals surface area contributed by atoms with Crippen molar-refractivity contribution in [1.82, 2.24) is 10.6 Å². The number of rotatable bonds is 4. The van der Waals surface area contributed by atoms with Crippen molar-refractivity contribution in [1.29, 1.82) is 0 Å². The van der Waals surface area contributed by atoms with Crippen molar-refractivity contribution in [3.8, 4) is 0 Å². The highest BCUT2D eigenvalue weighted by atomic mass is 35.5. The first-order valence-corrected chi connectivity index (χ1v) is 7.84. The number of benzene rings is 1. The van der Waals surface area contributed by atoms with E-state index in [0.717, 1.165) is 49.9 Å². The summed E-state index contributed by atoms with van der Waals surface area (Å²) in [4.78, 5) is 12.2. The molecule has 1 unspecified atom stereocenters. The summed E-state index contributed by atoms with van der Waals surface area (Å²) >= 11 is 0. The lowest BCUT2D eigenvalue weighted by atomic mass is 9.92. The van der Waals surface area contributed by atoms with Crippen molar-refractivity contribution in [2.75, 3.05) is 19.6 Å². The van der Waals surface area contributed by atoms with Gasteiger partial charge in [-0.05, 0) is 74.4 Å². The largest absolute Gasteiger partial charge is 0.356 e. The van der Waals surface area contributed by atoms with Crippen molar-refractivity contribution in [2.24, 2.45) is 11.3 Å². The smallest absolute Gasteiger partial charge is 0.223 e. The predicted octanol–water partition coefficient (Wildman–Crippen LogP) is 2.60. The average Bonchev–Trinajstić information content (AvgIpc) is 3.15. The lowest BCUT2D eigenvalue weighted by Crippen LogP contribution is -2.34. The molecule has 1 aliphatic heterocycles. The normalized spacial score (nSPS) is 22.0. The summed E-state index contributed by atoms with van der Waals surface area (Å²) in [5.41, 5.74) is 2.34. The average molecular weight is 327 g/mol. The second kappa shape index (κ2) is 6.97. The number of halogens is 2. The summed E-state index contributed by atoms with van der Waals surface area (Å²) in [7, 11) is 0. The zero-order chi connectivity index (χ0) is 14.9. The van der Waals surface area contributed by atoms with Gasteiger partial charge >= 0.3 is 0 Å². The molecule has 2 fully saturated rings. The summed E-state index contributed by atoms with van der Waals surface area (Å²) in [6, 6.07) is 4.83. The van der Waals surface area contributed by atoms with Gasteiger partial charge < -0.3 is 10.6 Å². The highest BCUT2D eigenvalue weighted by Gasteiger charge is 2.57. The van der Waals surface area contributed by atoms with E-state index in [2.05, 4.69) is 10.6 Å². The predicted molar refractivity (Wildman–Crippen MR) is 87.7 cm³/mol. The Labute approximate surface area is 137 Å². The molecular formula is C17H24ClFN2O. The molecule has 122 valence electrons. The minimum atomic E-state index is -0.203. The van der Waals surface area contributed by atoms with Crippen LogP contribution in [-0.2, 0) is 11.2 Å². The Morgan fingerprint density at radius 1 is 1.41 bits per heavy atom. The van der Waals surface area contributed by atoms with Gasteiger partial charge in [-0.2, -0.15) is 0 Å². The second-order valence-electron chi connectivity index (χ2n) is 6.48. The SMILES string of the molecule is Cc1cc(F)ccc1CCNC(=O)C1CC12CCNCC2.Cl. The first kappa shape index (κ1) is 17.2. The Morgan fingerprint density at radius 3 is 2.82 bits per heavy atom. The van der Waals surface area contributed by atoms with E-state index in [1.54, 1.807) is 6.07 Å². The van der Waals surface area contributed by atoms with E-state index < -0.39 is 0 Å². The maximum absolute atomic E-state index is 13.0. The minimum absolute atomic E-state index is 0. The van der Waals surface area contributed by atoms with Crippen LogP contribution in [0.5, 0.6) is 0 Å². The molecule has 2 N–H and O–H groups in total. The fourth-order valence-electron chi connectivity index (χ4n) is 3.58. The monoisotopic (exact) mass is 326 g/mol. The third-order valence-electron chi connectivity index (χ3n) is 5.10. The van der Waals surface area contributed by atoms with Crippen molar-refractivity contribution in [3.05, 3.63) is 35.1 Å². The van der Waals surface area contributed by atoms with Crippen molar-refractivity contribution < 1.29 is 9.18 Å². The van der Waals surface area contributed by atoms with Gasteiger partial charge in [0.05, 0.1) is 0 Å². The van der Waals surface area contributed by atoms with Crippen LogP contribution in [-0.4, -0.2) is 25.5 Å². The van der Waals surface area contributed by atoms with Crippen LogP contribution in [0.2, 0.25) is 0 Å². The fraction of sp³-hybridized carbons (Fsp3) is 0.588. The topological polar surface area (TPSA) is 41.1 Å². The Morgan fingerprint density at radius 2 is 2.14 bits per heavy atom. The summed E-state index contributed by atoms with van der Waals surface area (Å²) in [5.74, 6) is 0.219. The van der Waals surface area contributed by atoms with Crippen molar-refractivity contribution in [3.63, 3.8) is 0 Å². The molecule has 3 rings (SSSR count). The van der Waals surface area contributed by atoms with E-state index in [-0.39, 0.29) is 30.0 Å². The fourth-order valence-corrected chi connectivity index (χ4v) is 3.58. The molecule has 1 saturated carbocycles. The van der Waals surface area contributed by atoms with Gasteiger partial charge in [0.15, 0.2) is 0 Å². The molecule has 2 aliphatic rings. The molecule has 0 aromatic heterocycles. The van der Waals surface area contributed by atoms with E-state index in [1.165, 1.54) is 6.07 Å². The Kier molecular flexibility index (Phi) is 5.45.